The first kappa shape index (κ1) is 24.6. The molecule has 1 atom stereocenters. The molecule has 1 amide bonds. The minimum atomic E-state index is -3.69. The van der Waals surface area contributed by atoms with Crippen LogP contribution in [0.25, 0.3) is 0 Å². The molecule has 7 nitrogen and oxygen atoms in total. The van der Waals surface area contributed by atoms with Crippen molar-refractivity contribution in [3.05, 3.63) is 95.1 Å². The largest absolute Gasteiger partial charge is 0.444 e. The van der Waals surface area contributed by atoms with Crippen LogP contribution >= 0.6 is 0 Å². The van der Waals surface area contributed by atoms with E-state index in [0.29, 0.717) is 24.3 Å². The third-order valence-corrected chi connectivity index (χ3v) is 7.88. The Kier molecular flexibility index (Phi) is 7.33. The molecule has 0 saturated carbocycles. The summed E-state index contributed by atoms with van der Waals surface area (Å²) in [4.78, 5) is 26.4. The molecule has 0 aromatic heterocycles. The van der Waals surface area contributed by atoms with Crippen LogP contribution in [0.5, 0.6) is 0 Å². The number of anilines is 1. The molecular weight excluding hydrogens is 464 g/mol. The van der Waals surface area contributed by atoms with E-state index in [1.165, 1.54) is 28.6 Å². The van der Waals surface area contributed by atoms with Crippen LogP contribution < -0.4 is 5.32 Å². The standard InChI is InChI=1S/C27H28N2O5S/c1-19-13-14-20(2)24(17-19)28-26(30)25(21-9-4-3-5-10-21)34-27(31)22-11-8-12-23(18-22)35(32,33)29-15-6-7-16-29/h3-5,8-14,17-18,25H,6-7,15-16H2,1-2H3,(H,28,30). The van der Waals surface area contributed by atoms with E-state index in [-0.39, 0.29) is 10.5 Å². The number of carbonyl (C=O) groups is 2. The summed E-state index contributed by atoms with van der Waals surface area (Å²) < 4.78 is 32.9. The molecule has 4 rings (SSSR count). The molecule has 0 aliphatic carbocycles. The number of sulfonamides is 1. The van der Waals surface area contributed by atoms with Gasteiger partial charge in [0.2, 0.25) is 16.1 Å². The fourth-order valence-electron chi connectivity index (χ4n) is 4.01. The van der Waals surface area contributed by atoms with Gasteiger partial charge in [-0.1, -0.05) is 48.5 Å². The number of carbonyl (C=O) groups excluding carboxylic acids is 2. The topological polar surface area (TPSA) is 92.8 Å². The summed E-state index contributed by atoms with van der Waals surface area (Å²) in [6.07, 6.45) is 0.410. The van der Waals surface area contributed by atoms with Gasteiger partial charge < -0.3 is 10.1 Å². The number of esters is 1. The highest BCUT2D eigenvalue weighted by atomic mass is 32.2. The van der Waals surface area contributed by atoms with Gasteiger partial charge in [-0.05, 0) is 62.1 Å². The van der Waals surface area contributed by atoms with Gasteiger partial charge in [-0.2, -0.15) is 4.31 Å². The van der Waals surface area contributed by atoms with Crippen LogP contribution in [0.4, 0.5) is 5.69 Å². The van der Waals surface area contributed by atoms with Crippen LogP contribution in [0.3, 0.4) is 0 Å². The van der Waals surface area contributed by atoms with Crippen LogP contribution in [0, 0.1) is 13.8 Å². The lowest BCUT2D eigenvalue weighted by Crippen LogP contribution is -2.28. The Balaban J connectivity index is 1.60. The smallest absolute Gasteiger partial charge is 0.339 e. The average Bonchev–Trinajstić information content (AvgIpc) is 3.41. The second kappa shape index (κ2) is 10.4. The van der Waals surface area contributed by atoms with E-state index in [4.69, 9.17) is 4.74 Å². The zero-order valence-electron chi connectivity index (χ0n) is 19.7. The van der Waals surface area contributed by atoms with Crippen molar-refractivity contribution >= 4 is 27.6 Å². The van der Waals surface area contributed by atoms with Gasteiger partial charge in [0.15, 0.2) is 0 Å². The summed E-state index contributed by atoms with van der Waals surface area (Å²) in [6, 6.07) is 20.2. The number of amides is 1. The number of nitrogens with zero attached hydrogens (tertiary/aromatic N) is 1. The number of nitrogens with one attached hydrogen (secondary N) is 1. The number of benzene rings is 3. The van der Waals surface area contributed by atoms with E-state index in [1.54, 1.807) is 30.3 Å². The third kappa shape index (κ3) is 5.61. The van der Waals surface area contributed by atoms with Gasteiger partial charge in [-0.3, -0.25) is 4.79 Å². The fourth-order valence-corrected chi connectivity index (χ4v) is 5.57. The summed E-state index contributed by atoms with van der Waals surface area (Å²) in [5, 5.41) is 2.86. The normalized spacial score (nSPS) is 14.9. The molecule has 3 aromatic carbocycles. The molecule has 1 N–H and O–H groups in total. The lowest BCUT2D eigenvalue weighted by Gasteiger charge is -2.20. The highest BCUT2D eigenvalue weighted by molar-refractivity contribution is 7.89. The van der Waals surface area contributed by atoms with E-state index >= 15 is 0 Å². The molecule has 1 saturated heterocycles. The van der Waals surface area contributed by atoms with Crippen molar-refractivity contribution in [3.63, 3.8) is 0 Å². The second-order valence-electron chi connectivity index (χ2n) is 8.64. The van der Waals surface area contributed by atoms with E-state index in [9.17, 15) is 18.0 Å². The summed E-state index contributed by atoms with van der Waals surface area (Å²) >= 11 is 0. The number of rotatable bonds is 7. The van der Waals surface area contributed by atoms with Crippen molar-refractivity contribution in [2.24, 2.45) is 0 Å². The van der Waals surface area contributed by atoms with Crippen molar-refractivity contribution in [3.8, 4) is 0 Å². The molecule has 1 unspecified atom stereocenters. The van der Waals surface area contributed by atoms with Crippen LogP contribution in [0.1, 0.15) is 46.0 Å². The van der Waals surface area contributed by atoms with Crippen LogP contribution in [-0.4, -0.2) is 37.7 Å². The van der Waals surface area contributed by atoms with Crippen molar-refractivity contribution in [1.82, 2.24) is 4.31 Å². The third-order valence-electron chi connectivity index (χ3n) is 5.99. The Hall–Kier alpha value is -3.49. The molecule has 1 fully saturated rings. The van der Waals surface area contributed by atoms with Gasteiger partial charge >= 0.3 is 5.97 Å². The summed E-state index contributed by atoms with van der Waals surface area (Å²) in [5.74, 6) is -1.28. The maximum absolute atomic E-state index is 13.3. The van der Waals surface area contributed by atoms with Gasteiger partial charge in [0.1, 0.15) is 0 Å². The molecule has 3 aromatic rings. The van der Waals surface area contributed by atoms with Crippen molar-refractivity contribution in [2.75, 3.05) is 18.4 Å². The monoisotopic (exact) mass is 492 g/mol. The molecule has 1 aliphatic heterocycles. The number of aryl methyl sites for hydroxylation is 2. The molecule has 1 aliphatic rings. The first-order valence-corrected chi connectivity index (χ1v) is 12.9. The van der Waals surface area contributed by atoms with Gasteiger partial charge in [-0.15, -0.1) is 0 Å². The fraction of sp³-hybridized carbons (Fsp3) is 0.259. The Morgan fingerprint density at radius 1 is 0.914 bits per heavy atom. The molecule has 182 valence electrons. The molecule has 0 bridgehead atoms. The van der Waals surface area contributed by atoms with Crippen LogP contribution in [0.2, 0.25) is 0 Å². The zero-order valence-corrected chi connectivity index (χ0v) is 20.5. The first-order chi connectivity index (χ1) is 16.8. The first-order valence-electron chi connectivity index (χ1n) is 11.5. The molecule has 8 heteroatoms. The maximum atomic E-state index is 13.3. The average molecular weight is 493 g/mol. The van der Waals surface area contributed by atoms with Crippen molar-refractivity contribution in [2.45, 2.75) is 37.7 Å². The van der Waals surface area contributed by atoms with Crippen LogP contribution in [-0.2, 0) is 19.6 Å². The van der Waals surface area contributed by atoms with Gasteiger partial charge in [-0.25, -0.2) is 13.2 Å². The number of hydrogen-bond acceptors (Lipinski definition) is 5. The Bertz CT molecular complexity index is 1330. The zero-order chi connectivity index (χ0) is 25.0. The highest BCUT2D eigenvalue weighted by Gasteiger charge is 2.29. The Morgan fingerprint density at radius 3 is 2.34 bits per heavy atom. The SMILES string of the molecule is Cc1ccc(C)c(NC(=O)C(OC(=O)c2cccc(S(=O)(=O)N3CCCC3)c2)c2ccccc2)c1. The van der Waals surface area contributed by atoms with Gasteiger partial charge in [0, 0.05) is 24.3 Å². The molecule has 0 spiro atoms. The van der Waals surface area contributed by atoms with E-state index < -0.39 is 28.0 Å². The van der Waals surface area contributed by atoms with Crippen molar-refractivity contribution in [1.29, 1.82) is 0 Å². The lowest BCUT2D eigenvalue weighted by molar-refractivity contribution is -0.125. The predicted molar refractivity (Wildman–Crippen MR) is 134 cm³/mol. The maximum Gasteiger partial charge on any atom is 0.339 e. The summed E-state index contributed by atoms with van der Waals surface area (Å²) in [7, 11) is -3.69. The Labute approximate surface area is 205 Å². The van der Waals surface area contributed by atoms with Crippen LogP contribution in [0.15, 0.2) is 77.7 Å². The Morgan fingerprint density at radius 2 is 1.63 bits per heavy atom. The molecule has 1 heterocycles. The number of hydrogen-bond donors (Lipinski definition) is 1. The molecule has 35 heavy (non-hydrogen) atoms. The van der Waals surface area contributed by atoms with Gasteiger partial charge in [0.25, 0.3) is 5.91 Å². The quantitative estimate of drug-likeness (QED) is 0.486. The summed E-state index contributed by atoms with van der Waals surface area (Å²) in [6.45, 7) is 4.73. The molecular formula is C27H28N2O5S. The van der Waals surface area contributed by atoms with E-state index in [0.717, 1.165) is 24.0 Å². The molecule has 0 radical (unpaired) electrons. The minimum absolute atomic E-state index is 0.0324. The predicted octanol–water partition coefficient (Wildman–Crippen LogP) is 4.62. The van der Waals surface area contributed by atoms with Crippen molar-refractivity contribution < 1.29 is 22.7 Å². The van der Waals surface area contributed by atoms with E-state index in [1.807, 2.05) is 32.0 Å². The highest BCUT2D eigenvalue weighted by Crippen LogP contribution is 2.26. The minimum Gasteiger partial charge on any atom is -0.444 e. The second-order valence-corrected chi connectivity index (χ2v) is 10.6. The van der Waals surface area contributed by atoms with Gasteiger partial charge in [0.05, 0.1) is 10.5 Å². The lowest BCUT2D eigenvalue weighted by atomic mass is 10.1. The van der Waals surface area contributed by atoms with E-state index in [2.05, 4.69) is 5.32 Å². The summed E-state index contributed by atoms with van der Waals surface area (Å²) in [5.41, 5.74) is 3.05. The number of ether oxygens (including phenoxy) is 1.